The third-order valence-corrected chi connectivity index (χ3v) is 2.90. The minimum atomic E-state index is -2.48. The van der Waals surface area contributed by atoms with Gasteiger partial charge < -0.3 is 9.84 Å². The quantitative estimate of drug-likeness (QED) is 0.444. The van der Waals surface area contributed by atoms with Crippen molar-refractivity contribution < 1.29 is 19.0 Å². The first-order valence-electron chi connectivity index (χ1n) is 5.19. The van der Waals surface area contributed by atoms with Crippen LogP contribution in [-0.4, -0.2) is 28.4 Å². The van der Waals surface area contributed by atoms with Gasteiger partial charge in [-0.3, -0.25) is 0 Å². The molecule has 0 aliphatic carbocycles. The highest BCUT2D eigenvalue weighted by atomic mass is 79.9. The number of aliphatic hydroxyl groups excluding tert-OH is 1. The predicted octanol–water partition coefficient (Wildman–Crippen LogP) is 2.55. The van der Waals surface area contributed by atoms with Gasteiger partial charge in [0.05, 0.1) is 6.61 Å². The molecule has 90 valence electrons. The average Bonchev–Trinajstić information content (AvgIpc) is 2.18. The van der Waals surface area contributed by atoms with E-state index in [4.69, 9.17) is 0 Å². The molecule has 0 fully saturated rings. The van der Waals surface area contributed by atoms with E-state index in [-0.39, 0.29) is 13.0 Å². The molecule has 0 bridgehead atoms. The van der Waals surface area contributed by atoms with E-state index < -0.39 is 16.7 Å². The molecule has 0 spiro atoms. The number of halogens is 2. The van der Waals surface area contributed by atoms with Crippen LogP contribution in [-0.2, 0) is 9.53 Å². The molecule has 0 radical (unpaired) electrons. The van der Waals surface area contributed by atoms with Crippen LogP contribution in [0.2, 0.25) is 0 Å². The second-order valence-corrected chi connectivity index (χ2v) is 4.51. The molecule has 0 aliphatic rings. The summed E-state index contributed by atoms with van der Waals surface area (Å²) in [5.41, 5.74) is 0. The number of alkyl halides is 2. The summed E-state index contributed by atoms with van der Waals surface area (Å²) in [5.74, 6) is -1.06. The Morgan fingerprint density at radius 1 is 1.53 bits per heavy atom. The number of esters is 1. The van der Waals surface area contributed by atoms with Crippen LogP contribution in [0.4, 0.5) is 4.39 Å². The van der Waals surface area contributed by atoms with Crippen molar-refractivity contribution in [3.8, 4) is 0 Å². The molecule has 0 aromatic heterocycles. The maximum Gasteiger partial charge on any atom is 0.357 e. The molecule has 0 amide bonds. The second kappa shape index (κ2) is 7.17. The average molecular weight is 285 g/mol. The molecule has 15 heavy (non-hydrogen) atoms. The van der Waals surface area contributed by atoms with E-state index in [1.807, 2.05) is 6.92 Å². The van der Waals surface area contributed by atoms with Gasteiger partial charge in [0, 0.05) is 0 Å². The van der Waals surface area contributed by atoms with Crippen molar-refractivity contribution >= 4 is 21.9 Å². The lowest BCUT2D eigenvalue weighted by Crippen LogP contribution is -2.41. The van der Waals surface area contributed by atoms with Crippen molar-refractivity contribution in [1.29, 1.82) is 0 Å². The van der Waals surface area contributed by atoms with Crippen LogP contribution in [0.1, 0.15) is 39.5 Å². The minimum absolute atomic E-state index is 0.0950. The lowest BCUT2D eigenvalue weighted by Gasteiger charge is -2.22. The van der Waals surface area contributed by atoms with E-state index in [1.54, 1.807) is 6.92 Å². The number of hydrogen-bond donors (Lipinski definition) is 1. The maximum atomic E-state index is 13.7. The van der Waals surface area contributed by atoms with Gasteiger partial charge in [-0.1, -0.05) is 26.2 Å². The van der Waals surface area contributed by atoms with E-state index >= 15 is 0 Å². The SMILES string of the molecule is CCCCCC(O)C(F)(Br)C(=O)OCC. The molecule has 2 atom stereocenters. The third kappa shape index (κ3) is 4.93. The first-order chi connectivity index (χ1) is 6.96. The number of aliphatic hydroxyl groups is 1. The summed E-state index contributed by atoms with van der Waals surface area (Å²) in [4.78, 5) is 11.1. The van der Waals surface area contributed by atoms with Crippen LogP contribution in [0.3, 0.4) is 0 Å². The zero-order valence-corrected chi connectivity index (χ0v) is 10.7. The van der Waals surface area contributed by atoms with E-state index in [0.717, 1.165) is 12.8 Å². The monoisotopic (exact) mass is 284 g/mol. The van der Waals surface area contributed by atoms with Crippen LogP contribution in [0.15, 0.2) is 0 Å². The lowest BCUT2D eigenvalue weighted by atomic mass is 10.1. The molecule has 0 aromatic rings. The summed E-state index contributed by atoms with van der Waals surface area (Å²) in [5, 5.41) is 9.48. The molecule has 5 heteroatoms. The van der Waals surface area contributed by atoms with Crippen LogP contribution < -0.4 is 0 Å². The number of ether oxygens (including phenoxy) is 1. The van der Waals surface area contributed by atoms with Gasteiger partial charge in [-0.2, -0.15) is 0 Å². The van der Waals surface area contributed by atoms with Crippen LogP contribution in [0, 0.1) is 0 Å². The Hall–Kier alpha value is -0.160. The van der Waals surface area contributed by atoms with Crippen molar-refractivity contribution in [3.05, 3.63) is 0 Å². The van der Waals surface area contributed by atoms with Gasteiger partial charge >= 0.3 is 5.97 Å². The van der Waals surface area contributed by atoms with Crippen LogP contribution >= 0.6 is 15.9 Å². The zero-order valence-electron chi connectivity index (χ0n) is 9.13. The van der Waals surface area contributed by atoms with Crippen molar-refractivity contribution in [2.75, 3.05) is 6.61 Å². The van der Waals surface area contributed by atoms with Crippen molar-refractivity contribution in [1.82, 2.24) is 0 Å². The van der Waals surface area contributed by atoms with E-state index in [2.05, 4.69) is 20.7 Å². The Bertz CT molecular complexity index is 197. The molecule has 0 rings (SSSR count). The van der Waals surface area contributed by atoms with Crippen molar-refractivity contribution in [2.45, 2.75) is 50.2 Å². The summed E-state index contributed by atoms with van der Waals surface area (Å²) in [7, 11) is 0. The summed E-state index contributed by atoms with van der Waals surface area (Å²) in [6.07, 6.45) is 1.46. The van der Waals surface area contributed by atoms with E-state index in [1.165, 1.54) is 0 Å². The van der Waals surface area contributed by atoms with Gasteiger partial charge in [-0.15, -0.1) is 0 Å². The van der Waals surface area contributed by atoms with E-state index in [0.29, 0.717) is 6.42 Å². The molecule has 2 unspecified atom stereocenters. The number of carbonyl (C=O) groups excluding carboxylic acids is 1. The number of hydrogen-bond acceptors (Lipinski definition) is 3. The highest BCUT2D eigenvalue weighted by Crippen LogP contribution is 2.29. The summed E-state index contributed by atoms with van der Waals surface area (Å²) < 4.78 is 15.7. The topological polar surface area (TPSA) is 46.5 Å². The highest BCUT2D eigenvalue weighted by Gasteiger charge is 2.44. The third-order valence-electron chi connectivity index (χ3n) is 2.05. The van der Waals surface area contributed by atoms with Crippen molar-refractivity contribution in [3.63, 3.8) is 0 Å². The number of unbranched alkanes of at least 4 members (excludes halogenated alkanes) is 2. The molecule has 0 saturated heterocycles. The van der Waals surface area contributed by atoms with Gasteiger partial charge in [0.1, 0.15) is 6.10 Å². The summed E-state index contributed by atoms with van der Waals surface area (Å²) in [6, 6.07) is 0. The Kier molecular flexibility index (Phi) is 7.09. The molecule has 0 aromatic carbocycles. The molecule has 3 nitrogen and oxygen atoms in total. The first-order valence-corrected chi connectivity index (χ1v) is 5.99. The molecule has 0 heterocycles. The van der Waals surface area contributed by atoms with Gasteiger partial charge in [0.25, 0.3) is 4.58 Å². The van der Waals surface area contributed by atoms with E-state index in [9.17, 15) is 14.3 Å². The summed E-state index contributed by atoms with van der Waals surface area (Å²) in [6.45, 7) is 3.69. The van der Waals surface area contributed by atoms with Gasteiger partial charge in [0.15, 0.2) is 0 Å². The lowest BCUT2D eigenvalue weighted by molar-refractivity contribution is -0.156. The van der Waals surface area contributed by atoms with Gasteiger partial charge in [0.2, 0.25) is 0 Å². The smallest absolute Gasteiger partial charge is 0.357 e. The Labute approximate surface area is 98.1 Å². The van der Waals surface area contributed by atoms with Gasteiger partial charge in [-0.25, -0.2) is 9.18 Å². The van der Waals surface area contributed by atoms with Crippen molar-refractivity contribution in [2.24, 2.45) is 0 Å². The Morgan fingerprint density at radius 2 is 2.13 bits per heavy atom. The fraction of sp³-hybridized carbons (Fsp3) is 0.900. The van der Waals surface area contributed by atoms with Gasteiger partial charge in [-0.05, 0) is 29.3 Å². The second-order valence-electron chi connectivity index (χ2n) is 3.36. The molecular formula is C10H18BrFO3. The fourth-order valence-electron chi connectivity index (χ4n) is 1.13. The molecule has 0 saturated carbocycles. The Morgan fingerprint density at radius 3 is 2.60 bits per heavy atom. The predicted molar refractivity (Wildman–Crippen MR) is 59.5 cm³/mol. The molecule has 1 N–H and O–H groups in total. The maximum absolute atomic E-state index is 13.7. The zero-order chi connectivity index (χ0) is 11.9. The summed E-state index contributed by atoms with van der Waals surface area (Å²) >= 11 is 2.57. The van der Waals surface area contributed by atoms with Crippen LogP contribution in [0.25, 0.3) is 0 Å². The molecule has 0 aliphatic heterocycles. The minimum Gasteiger partial charge on any atom is -0.463 e. The number of carbonyl (C=O) groups is 1. The highest BCUT2D eigenvalue weighted by molar-refractivity contribution is 9.10. The van der Waals surface area contributed by atoms with Crippen LogP contribution in [0.5, 0.6) is 0 Å². The fourth-order valence-corrected chi connectivity index (χ4v) is 1.48. The number of rotatable bonds is 7. The molecular weight excluding hydrogens is 267 g/mol. The standard InChI is InChI=1S/C10H18BrFO3/c1-3-5-6-7-8(13)10(11,12)9(14)15-4-2/h8,13H,3-7H2,1-2H3. The Balaban J connectivity index is 4.12. The largest absolute Gasteiger partial charge is 0.463 e. The normalized spacial score (nSPS) is 16.9. The first kappa shape index (κ1) is 14.8.